The monoisotopic (exact) mass is 478 g/mol. The third-order valence-electron chi connectivity index (χ3n) is 6.43. The molecule has 3 aromatic rings. The number of nitrogens with zero attached hydrogens (tertiary/aromatic N) is 1. The SMILES string of the molecule is CCN(CC)C(=O)c1ccc(-c2cc(NC(=O)C3(c4ccc(O)c(O)c4)CC3)ccc2Cl)cc1. The van der Waals surface area contributed by atoms with Crippen LogP contribution in [0.15, 0.2) is 60.7 Å². The number of phenols is 2. The summed E-state index contributed by atoms with van der Waals surface area (Å²) >= 11 is 6.46. The summed E-state index contributed by atoms with van der Waals surface area (Å²) in [6.07, 6.45) is 1.32. The van der Waals surface area contributed by atoms with Crippen LogP contribution in [0.2, 0.25) is 5.02 Å². The van der Waals surface area contributed by atoms with Crippen molar-refractivity contribution in [3.63, 3.8) is 0 Å². The molecular formula is C27H27ClN2O4. The third kappa shape index (κ3) is 4.46. The smallest absolute Gasteiger partial charge is 0.253 e. The Kier molecular flexibility index (Phi) is 6.53. The highest BCUT2D eigenvalue weighted by molar-refractivity contribution is 6.33. The van der Waals surface area contributed by atoms with Crippen LogP contribution < -0.4 is 5.32 Å². The number of anilines is 1. The summed E-state index contributed by atoms with van der Waals surface area (Å²) in [6.45, 7) is 5.20. The van der Waals surface area contributed by atoms with Crippen LogP contribution in [0.3, 0.4) is 0 Å². The molecule has 3 aromatic carbocycles. The van der Waals surface area contributed by atoms with Crippen molar-refractivity contribution in [2.24, 2.45) is 0 Å². The molecule has 4 rings (SSSR count). The third-order valence-corrected chi connectivity index (χ3v) is 6.76. The van der Waals surface area contributed by atoms with Crippen LogP contribution >= 0.6 is 11.6 Å². The fourth-order valence-electron chi connectivity index (χ4n) is 4.15. The lowest BCUT2D eigenvalue weighted by Crippen LogP contribution is -2.30. The predicted octanol–water partition coefficient (Wildman–Crippen LogP) is 5.57. The number of amides is 2. The molecule has 1 aliphatic carbocycles. The van der Waals surface area contributed by atoms with Gasteiger partial charge in [0.2, 0.25) is 5.91 Å². The van der Waals surface area contributed by atoms with Gasteiger partial charge in [-0.15, -0.1) is 0 Å². The zero-order valence-electron chi connectivity index (χ0n) is 19.1. The van der Waals surface area contributed by atoms with E-state index >= 15 is 0 Å². The molecule has 0 saturated heterocycles. The maximum atomic E-state index is 13.1. The van der Waals surface area contributed by atoms with Crippen LogP contribution in [0.5, 0.6) is 11.5 Å². The van der Waals surface area contributed by atoms with Gasteiger partial charge in [0.05, 0.1) is 5.41 Å². The maximum absolute atomic E-state index is 13.1. The average molecular weight is 479 g/mol. The molecule has 0 bridgehead atoms. The fourth-order valence-corrected chi connectivity index (χ4v) is 4.38. The number of phenolic OH excluding ortho intramolecular Hbond substituents is 2. The van der Waals surface area contributed by atoms with Gasteiger partial charge in [-0.2, -0.15) is 0 Å². The van der Waals surface area contributed by atoms with Gasteiger partial charge in [0.25, 0.3) is 5.91 Å². The standard InChI is InChI=1S/C27H27ClN2O4/c1-3-30(4-2)25(33)18-7-5-17(6-8-18)21-16-20(10-11-22(21)28)29-26(34)27(13-14-27)19-9-12-23(31)24(32)15-19/h5-12,15-16,31-32H,3-4,13-14H2,1-2H3,(H,29,34). The van der Waals surface area contributed by atoms with Crippen molar-refractivity contribution in [3.8, 4) is 22.6 Å². The molecule has 0 heterocycles. The molecule has 176 valence electrons. The molecule has 0 unspecified atom stereocenters. The van der Waals surface area contributed by atoms with E-state index in [1.165, 1.54) is 12.1 Å². The molecule has 0 radical (unpaired) electrons. The summed E-state index contributed by atoms with van der Waals surface area (Å²) in [5, 5.41) is 22.9. The van der Waals surface area contributed by atoms with Crippen molar-refractivity contribution in [2.75, 3.05) is 18.4 Å². The number of hydrogen-bond donors (Lipinski definition) is 3. The highest BCUT2D eigenvalue weighted by Gasteiger charge is 2.51. The topological polar surface area (TPSA) is 89.9 Å². The van der Waals surface area contributed by atoms with E-state index in [2.05, 4.69) is 5.32 Å². The Morgan fingerprint density at radius 2 is 1.62 bits per heavy atom. The molecule has 0 spiro atoms. The number of nitrogens with one attached hydrogen (secondary N) is 1. The average Bonchev–Trinajstić information content (AvgIpc) is 3.65. The quantitative estimate of drug-likeness (QED) is 0.387. The van der Waals surface area contributed by atoms with Crippen molar-refractivity contribution in [1.82, 2.24) is 4.90 Å². The molecular weight excluding hydrogens is 452 g/mol. The van der Waals surface area contributed by atoms with E-state index in [1.807, 2.05) is 32.0 Å². The second-order valence-electron chi connectivity index (χ2n) is 8.49. The van der Waals surface area contributed by atoms with Gasteiger partial charge in [-0.3, -0.25) is 9.59 Å². The van der Waals surface area contributed by atoms with E-state index in [-0.39, 0.29) is 23.3 Å². The summed E-state index contributed by atoms with van der Waals surface area (Å²) in [6, 6.07) is 17.1. The van der Waals surface area contributed by atoms with E-state index in [0.29, 0.717) is 47.8 Å². The first-order valence-electron chi connectivity index (χ1n) is 11.3. The minimum Gasteiger partial charge on any atom is -0.504 e. The molecule has 34 heavy (non-hydrogen) atoms. The normalized spacial score (nSPS) is 13.9. The van der Waals surface area contributed by atoms with Crippen molar-refractivity contribution < 1.29 is 19.8 Å². The number of hydrogen-bond acceptors (Lipinski definition) is 4. The van der Waals surface area contributed by atoms with Gasteiger partial charge in [0, 0.05) is 34.9 Å². The van der Waals surface area contributed by atoms with E-state index < -0.39 is 5.41 Å². The predicted molar refractivity (Wildman–Crippen MR) is 133 cm³/mol. The van der Waals surface area contributed by atoms with E-state index in [1.54, 1.807) is 35.2 Å². The number of carbonyl (C=O) groups is 2. The Hall–Kier alpha value is -3.51. The first kappa shape index (κ1) is 23.6. The Labute approximate surface area is 203 Å². The highest BCUT2D eigenvalue weighted by atomic mass is 35.5. The molecule has 1 fully saturated rings. The Morgan fingerprint density at radius 3 is 2.21 bits per heavy atom. The van der Waals surface area contributed by atoms with Crippen LogP contribution in [-0.4, -0.2) is 40.0 Å². The van der Waals surface area contributed by atoms with E-state index in [9.17, 15) is 19.8 Å². The van der Waals surface area contributed by atoms with Gasteiger partial charge in [-0.25, -0.2) is 0 Å². The summed E-state index contributed by atoms with van der Waals surface area (Å²) in [4.78, 5) is 27.5. The lowest BCUT2D eigenvalue weighted by molar-refractivity contribution is -0.118. The Morgan fingerprint density at radius 1 is 0.941 bits per heavy atom. The molecule has 7 heteroatoms. The molecule has 6 nitrogen and oxygen atoms in total. The van der Waals surface area contributed by atoms with Gasteiger partial charge in [-0.05, 0) is 80.3 Å². The van der Waals surface area contributed by atoms with Crippen LogP contribution in [0.4, 0.5) is 5.69 Å². The van der Waals surface area contributed by atoms with Gasteiger partial charge in [0.1, 0.15) is 0 Å². The van der Waals surface area contributed by atoms with Gasteiger partial charge in [0.15, 0.2) is 11.5 Å². The van der Waals surface area contributed by atoms with Crippen LogP contribution in [0, 0.1) is 0 Å². The number of rotatable bonds is 7. The highest BCUT2D eigenvalue weighted by Crippen LogP contribution is 2.50. The van der Waals surface area contributed by atoms with E-state index in [4.69, 9.17) is 11.6 Å². The molecule has 3 N–H and O–H groups in total. The van der Waals surface area contributed by atoms with Crippen molar-refractivity contribution in [2.45, 2.75) is 32.1 Å². The maximum Gasteiger partial charge on any atom is 0.253 e. The Balaban J connectivity index is 1.55. The minimum absolute atomic E-state index is 0.0151. The molecule has 0 aromatic heterocycles. The largest absolute Gasteiger partial charge is 0.504 e. The van der Waals surface area contributed by atoms with E-state index in [0.717, 1.165) is 11.1 Å². The number of benzene rings is 3. The molecule has 0 aliphatic heterocycles. The zero-order valence-corrected chi connectivity index (χ0v) is 19.9. The van der Waals surface area contributed by atoms with Gasteiger partial charge >= 0.3 is 0 Å². The summed E-state index contributed by atoms with van der Waals surface area (Å²) in [5.74, 6) is -0.648. The van der Waals surface area contributed by atoms with Crippen LogP contribution in [0.25, 0.3) is 11.1 Å². The second-order valence-corrected chi connectivity index (χ2v) is 8.90. The lowest BCUT2D eigenvalue weighted by atomic mass is 9.94. The van der Waals surface area contributed by atoms with Gasteiger partial charge < -0.3 is 20.4 Å². The molecule has 1 saturated carbocycles. The molecule has 0 atom stereocenters. The second kappa shape index (κ2) is 9.39. The number of carbonyl (C=O) groups excluding carboxylic acids is 2. The first-order valence-corrected chi connectivity index (χ1v) is 11.7. The summed E-state index contributed by atoms with van der Waals surface area (Å²) in [5.41, 5.74) is 2.73. The van der Waals surface area contributed by atoms with Crippen molar-refractivity contribution >= 4 is 29.1 Å². The van der Waals surface area contributed by atoms with Crippen molar-refractivity contribution in [3.05, 3.63) is 76.8 Å². The first-order chi connectivity index (χ1) is 16.3. The minimum atomic E-state index is -0.725. The zero-order chi connectivity index (χ0) is 24.5. The number of halogens is 1. The molecule has 1 aliphatic rings. The summed E-state index contributed by atoms with van der Waals surface area (Å²) in [7, 11) is 0. The summed E-state index contributed by atoms with van der Waals surface area (Å²) < 4.78 is 0. The van der Waals surface area contributed by atoms with Crippen molar-refractivity contribution in [1.29, 1.82) is 0 Å². The van der Waals surface area contributed by atoms with Crippen LogP contribution in [-0.2, 0) is 10.2 Å². The Bertz CT molecular complexity index is 1230. The van der Waals surface area contributed by atoms with Gasteiger partial charge in [-0.1, -0.05) is 29.8 Å². The molecule has 2 amide bonds. The lowest BCUT2D eigenvalue weighted by Gasteiger charge is -2.19. The fraction of sp³-hybridized carbons (Fsp3) is 0.259. The number of aromatic hydroxyl groups is 2. The van der Waals surface area contributed by atoms with Crippen LogP contribution in [0.1, 0.15) is 42.6 Å².